The smallest absolute Gasteiger partial charge is 0.193 e. The molecule has 3 N–H and O–H groups in total. The number of likely N-dealkylation sites (tertiary alicyclic amines) is 1. The van der Waals surface area contributed by atoms with Gasteiger partial charge in [0.05, 0.1) is 6.54 Å². The molecule has 4 heteroatoms. The van der Waals surface area contributed by atoms with Crippen LogP contribution in [0.2, 0.25) is 0 Å². The van der Waals surface area contributed by atoms with Crippen LogP contribution in [0, 0.1) is 0 Å². The zero-order valence-electron chi connectivity index (χ0n) is 13.9. The van der Waals surface area contributed by atoms with E-state index < -0.39 is 0 Å². The second-order valence-electron chi connectivity index (χ2n) is 7.31. The summed E-state index contributed by atoms with van der Waals surface area (Å²) in [7, 11) is 0. The van der Waals surface area contributed by atoms with E-state index in [-0.39, 0.29) is 0 Å². The van der Waals surface area contributed by atoms with E-state index in [1.807, 2.05) is 0 Å². The molecular weight excluding hydrogens is 284 g/mol. The lowest BCUT2D eigenvalue weighted by Crippen LogP contribution is -2.43. The Bertz CT molecular complexity index is 591. The highest BCUT2D eigenvalue weighted by atomic mass is 15.2. The van der Waals surface area contributed by atoms with Crippen LogP contribution in [0.25, 0.3) is 0 Å². The Balaban J connectivity index is 1.36. The van der Waals surface area contributed by atoms with E-state index in [2.05, 4.69) is 33.4 Å². The van der Waals surface area contributed by atoms with Gasteiger partial charge < -0.3 is 11.1 Å². The third kappa shape index (κ3) is 3.52. The molecule has 0 radical (unpaired) electrons. The zero-order valence-corrected chi connectivity index (χ0v) is 13.9. The van der Waals surface area contributed by atoms with E-state index in [1.54, 1.807) is 0 Å². The number of aliphatic imine (C=N–C) groups is 1. The summed E-state index contributed by atoms with van der Waals surface area (Å²) in [6.07, 6.45) is 10.4. The van der Waals surface area contributed by atoms with Gasteiger partial charge in [-0.2, -0.15) is 0 Å². The second-order valence-corrected chi connectivity index (χ2v) is 7.31. The van der Waals surface area contributed by atoms with Crippen LogP contribution in [0.5, 0.6) is 0 Å². The Morgan fingerprint density at radius 3 is 2.87 bits per heavy atom. The van der Waals surface area contributed by atoms with Crippen molar-refractivity contribution in [3.63, 3.8) is 0 Å². The molecule has 23 heavy (non-hydrogen) atoms. The summed E-state index contributed by atoms with van der Waals surface area (Å²) in [5, 5.41) is 3.28. The zero-order chi connectivity index (χ0) is 15.6. The third-order valence-corrected chi connectivity index (χ3v) is 5.53. The Morgan fingerprint density at radius 1 is 1.13 bits per heavy atom. The normalized spacial score (nSPS) is 25.4. The molecule has 0 bridgehead atoms. The highest BCUT2D eigenvalue weighted by molar-refractivity contribution is 5.92. The van der Waals surface area contributed by atoms with Crippen molar-refractivity contribution in [1.82, 2.24) is 4.90 Å². The number of guanidine groups is 1. The van der Waals surface area contributed by atoms with Gasteiger partial charge in [0.25, 0.3) is 0 Å². The fourth-order valence-electron chi connectivity index (χ4n) is 4.15. The van der Waals surface area contributed by atoms with Crippen molar-refractivity contribution in [2.45, 2.75) is 63.5 Å². The molecule has 1 saturated carbocycles. The van der Waals surface area contributed by atoms with Gasteiger partial charge in [-0.05, 0) is 74.8 Å². The second kappa shape index (κ2) is 6.52. The molecule has 1 heterocycles. The van der Waals surface area contributed by atoms with Crippen molar-refractivity contribution in [2.24, 2.45) is 10.7 Å². The van der Waals surface area contributed by atoms with Gasteiger partial charge in [0.15, 0.2) is 5.96 Å². The van der Waals surface area contributed by atoms with Gasteiger partial charge in [-0.1, -0.05) is 12.5 Å². The van der Waals surface area contributed by atoms with Gasteiger partial charge in [0.2, 0.25) is 0 Å². The molecule has 1 unspecified atom stereocenters. The molecule has 0 aromatic heterocycles. The molecule has 3 aliphatic rings. The Labute approximate surface area is 139 Å². The summed E-state index contributed by atoms with van der Waals surface area (Å²) in [5.74, 6) is 0.560. The third-order valence-electron chi connectivity index (χ3n) is 5.53. The van der Waals surface area contributed by atoms with Crippen molar-refractivity contribution < 1.29 is 0 Å². The van der Waals surface area contributed by atoms with Crippen LogP contribution in [0.3, 0.4) is 0 Å². The number of nitrogens with zero attached hydrogens (tertiary/aromatic N) is 2. The SMILES string of the molecule is NC(=NCC1CCCCN1C1CC1)Nc1ccc2c(c1)CCC2. The number of piperidine rings is 1. The summed E-state index contributed by atoms with van der Waals surface area (Å²) < 4.78 is 0. The van der Waals surface area contributed by atoms with Gasteiger partial charge in [-0.15, -0.1) is 0 Å². The minimum atomic E-state index is 0.560. The molecule has 1 aliphatic heterocycles. The van der Waals surface area contributed by atoms with Gasteiger partial charge in [0, 0.05) is 17.8 Å². The highest BCUT2D eigenvalue weighted by Gasteiger charge is 2.34. The predicted octanol–water partition coefficient (Wildman–Crippen LogP) is 2.92. The number of benzene rings is 1. The van der Waals surface area contributed by atoms with Crippen LogP contribution >= 0.6 is 0 Å². The fraction of sp³-hybridized carbons (Fsp3) is 0.632. The maximum absolute atomic E-state index is 6.13. The maximum Gasteiger partial charge on any atom is 0.193 e. The van der Waals surface area contributed by atoms with Crippen molar-refractivity contribution in [3.05, 3.63) is 29.3 Å². The van der Waals surface area contributed by atoms with Crippen LogP contribution in [0.1, 0.15) is 49.7 Å². The van der Waals surface area contributed by atoms with Crippen molar-refractivity contribution in [1.29, 1.82) is 0 Å². The molecule has 4 nitrogen and oxygen atoms in total. The monoisotopic (exact) mass is 312 g/mol. The molecule has 0 amide bonds. The van der Waals surface area contributed by atoms with E-state index in [0.717, 1.165) is 18.3 Å². The number of hydrogen-bond donors (Lipinski definition) is 2. The van der Waals surface area contributed by atoms with Crippen molar-refractivity contribution in [2.75, 3.05) is 18.4 Å². The molecule has 1 aromatic carbocycles. The van der Waals surface area contributed by atoms with Crippen molar-refractivity contribution >= 4 is 11.6 Å². The number of rotatable bonds is 4. The molecular formula is C19H28N4. The minimum absolute atomic E-state index is 0.560. The first-order valence-electron chi connectivity index (χ1n) is 9.24. The molecule has 2 aliphatic carbocycles. The van der Waals surface area contributed by atoms with Crippen LogP contribution in [0.4, 0.5) is 5.69 Å². The van der Waals surface area contributed by atoms with Crippen LogP contribution in [0.15, 0.2) is 23.2 Å². The van der Waals surface area contributed by atoms with Crippen LogP contribution < -0.4 is 11.1 Å². The Kier molecular flexibility index (Phi) is 4.25. The van der Waals surface area contributed by atoms with Gasteiger partial charge in [-0.3, -0.25) is 9.89 Å². The van der Waals surface area contributed by atoms with E-state index in [1.165, 1.54) is 69.0 Å². The lowest BCUT2D eigenvalue weighted by Gasteiger charge is -2.35. The molecule has 1 aromatic rings. The van der Waals surface area contributed by atoms with Crippen molar-refractivity contribution in [3.8, 4) is 0 Å². The van der Waals surface area contributed by atoms with E-state index in [9.17, 15) is 0 Å². The first-order valence-corrected chi connectivity index (χ1v) is 9.24. The maximum atomic E-state index is 6.13. The number of fused-ring (bicyclic) bond motifs is 1. The minimum Gasteiger partial charge on any atom is -0.370 e. The van der Waals surface area contributed by atoms with Gasteiger partial charge in [0.1, 0.15) is 0 Å². The molecule has 4 rings (SSSR count). The van der Waals surface area contributed by atoms with Crippen LogP contribution in [-0.4, -0.2) is 36.0 Å². The largest absolute Gasteiger partial charge is 0.370 e. The molecule has 1 atom stereocenters. The number of nitrogens with one attached hydrogen (secondary N) is 1. The molecule has 2 fully saturated rings. The van der Waals surface area contributed by atoms with E-state index in [0.29, 0.717) is 12.0 Å². The van der Waals surface area contributed by atoms with Gasteiger partial charge >= 0.3 is 0 Å². The lowest BCUT2D eigenvalue weighted by atomic mass is 10.0. The standard InChI is InChI=1S/C19H28N4/c20-19(22-16-8-7-14-4-3-5-15(14)12-16)21-13-18-6-1-2-11-23(18)17-9-10-17/h7-8,12,17-18H,1-6,9-11,13H2,(H3,20,21,22). The summed E-state index contributed by atoms with van der Waals surface area (Å²) in [4.78, 5) is 7.31. The summed E-state index contributed by atoms with van der Waals surface area (Å²) in [5.41, 5.74) is 10.2. The highest BCUT2D eigenvalue weighted by Crippen LogP contribution is 2.32. The Morgan fingerprint density at radius 2 is 2.00 bits per heavy atom. The van der Waals surface area contributed by atoms with E-state index in [4.69, 9.17) is 5.73 Å². The number of aryl methyl sites for hydroxylation is 2. The summed E-state index contributed by atoms with van der Waals surface area (Å²) in [6.45, 7) is 2.09. The Hall–Kier alpha value is -1.55. The number of nitrogens with two attached hydrogens (primary N) is 1. The first kappa shape index (κ1) is 15.0. The van der Waals surface area contributed by atoms with Crippen LogP contribution in [-0.2, 0) is 12.8 Å². The molecule has 124 valence electrons. The number of anilines is 1. The number of hydrogen-bond acceptors (Lipinski definition) is 2. The predicted molar refractivity (Wildman–Crippen MR) is 95.9 cm³/mol. The average molecular weight is 312 g/mol. The summed E-state index contributed by atoms with van der Waals surface area (Å²) >= 11 is 0. The van der Waals surface area contributed by atoms with Gasteiger partial charge in [-0.25, -0.2) is 0 Å². The topological polar surface area (TPSA) is 53.6 Å². The molecule has 1 saturated heterocycles. The quantitative estimate of drug-likeness (QED) is 0.664. The van der Waals surface area contributed by atoms with E-state index >= 15 is 0 Å². The average Bonchev–Trinajstić information content (AvgIpc) is 3.31. The summed E-state index contributed by atoms with van der Waals surface area (Å²) in [6, 6.07) is 8.03. The molecule has 0 spiro atoms. The first-order chi connectivity index (χ1) is 11.3. The lowest BCUT2D eigenvalue weighted by molar-refractivity contribution is 0.144. The fourth-order valence-corrected chi connectivity index (χ4v) is 4.15.